The molecule has 1 rings (SSSR count). The van der Waals surface area contributed by atoms with Gasteiger partial charge in [0.15, 0.2) is 0 Å². The third-order valence-electron chi connectivity index (χ3n) is 4.25. The molecule has 1 atom stereocenters. The number of hydrogen-bond acceptors (Lipinski definition) is 1. The number of hydrogen-bond donors (Lipinski definition) is 1. The molecule has 2 nitrogen and oxygen atoms in total. The lowest BCUT2D eigenvalue weighted by atomic mass is 9.93. The molecule has 1 aromatic rings. The van der Waals surface area contributed by atoms with Gasteiger partial charge >= 0.3 is 36.0 Å². The summed E-state index contributed by atoms with van der Waals surface area (Å²) in [6, 6.07) is 6.58. The number of benzene rings is 1. The first-order valence-corrected chi connectivity index (χ1v) is 8.36. The minimum Gasteiger partial charge on any atom is -0.348 e. The third kappa shape index (κ3) is 4.71. The van der Waals surface area contributed by atoms with Crippen LogP contribution >= 0.6 is 0 Å². The average Bonchev–Trinajstić information content (AvgIpc) is 2.66. The summed E-state index contributed by atoms with van der Waals surface area (Å²) in [4.78, 5) is 11.4. The predicted molar refractivity (Wildman–Crippen MR) is 83.1 cm³/mol. The van der Waals surface area contributed by atoms with Crippen LogP contribution in [0.1, 0.15) is 18.9 Å². The molecule has 0 heterocycles. The Labute approximate surface area is 167 Å². The Morgan fingerprint density at radius 1 is 0.839 bits per heavy atom. The van der Waals surface area contributed by atoms with Crippen LogP contribution in [-0.4, -0.2) is 48.0 Å². The highest BCUT2D eigenvalue weighted by atomic mass is 19.4. The van der Waals surface area contributed by atoms with E-state index < -0.39 is 48.0 Å². The van der Waals surface area contributed by atoms with Crippen molar-refractivity contribution in [1.82, 2.24) is 5.32 Å². The van der Waals surface area contributed by atoms with E-state index in [2.05, 4.69) is 0 Å². The van der Waals surface area contributed by atoms with Gasteiger partial charge in [-0.15, -0.1) is 0 Å². The molecule has 1 N–H and O–H groups in total. The molecule has 178 valence electrons. The molecule has 0 saturated carbocycles. The van der Waals surface area contributed by atoms with Gasteiger partial charge in [-0.2, -0.15) is 43.9 Å². The summed E-state index contributed by atoms with van der Waals surface area (Å²) >= 11 is 0. The van der Waals surface area contributed by atoms with Crippen LogP contribution in [0.3, 0.4) is 0 Å². The van der Waals surface area contributed by atoms with E-state index in [0.717, 1.165) is 6.92 Å². The summed E-state index contributed by atoms with van der Waals surface area (Å²) in [6.45, 7) is 0.993. The third-order valence-corrected chi connectivity index (χ3v) is 4.25. The van der Waals surface area contributed by atoms with Crippen molar-refractivity contribution in [3.63, 3.8) is 0 Å². The Bertz CT molecular complexity index is 751. The fourth-order valence-electron chi connectivity index (χ4n) is 2.30. The van der Waals surface area contributed by atoms with E-state index in [-0.39, 0.29) is 12.8 Å². The predicted octanol–water partition coefficient (Wildman–Crippen LogP) is 5.57. The topological polar surface area (TPSA) is 29.1 Å². The molecule has 0 saturated heterocycles. The Kier molecular flexibility index (Phi) is 7.60. The molecule has 1 unspecified atom stereocenters. The molecule has 31 heavy (non-hydrogen) atoms. The number of aryl methyl sites for hydroxylation is 1. The molecule has 0 aromatic heterocycles. The Balaban J connectivity index is 3.06. The summed E-state index contributed by atoms with van der Waals surface area (Å²) < 4.78 is 157. The fraction of sp³-hybridized carbons (Fsp3) is 0.588. The highest BCUT2D eigenvalue weighted by Crippen LogP contribution is 2.58. The van der Waals surface area contributed by atoms with Crippen LogP contribution in [0.25, 0.3) is 0 Å². The van der Waals surface area contributed by atoms with Crippen molar-refractivity contribution in [2.75, 3.05) is 0 Å². The molecular formula is C17H15F12NO. The van der Waals surface area contributed by atoms with Gasteiger partial charge in [-0.3, -0.25) is 4.79 Å². The SMILES string of the molecule is CC(CCc1ccccc1)NC(=O)C(F)(F)C(F)(F)C(F)(F)C(F)(F)C(F)(F)C(F)F. The second kappa shape index (κ2) is 8.77. The molecule has 0 fully saturated rings. The van der Waals surface area contributed by atoms with Crippen LogP contribution in [0, 0.1) is 0 Å². The molecule has 0 bridgehead atoms. The van der Waals surface area contributed by atoms with E-state index in [1.165, 1.54) is 5.32 Å². The smallest absolute Gasteiger partial charge is 0.348 e. The van der Waals surface area contributed by atoms with Crippen molar-refractivity contribution in [2.45, 2.75) is 61.8 Å². The van der Waals surface area contributed by atoms with E-state index in [4.69, 9.17) is 0 Å². The molecule has 0 radical (unpaired) electrons. The zero-order valence-electron chi connectivity index (χ0n) is 15.4. The van der Waals surface area contributed by atoms with E-state index in [1.807, 2.05) is 0 Å². The second-order valence-corrected chi connectivity index (χ2v) is 6.62. The van der Waals surface area contributed by atoms with E-state index in [0.29, 0.717) is 5.56 Å². The first kappa shape index (κ1) is 26.9. The van der Waals surface area contributed by atoms with Gasteiger partial charge in [0.25, 0.3) is 5.91 Å². The lowest BCUT2D eigenvalue weighted by molar-refractivity contribution is -0.407. The minimum absolute atomic E-state index is 0.0963. The largest absolute Gasteiger partial charge is 0.392 e. The summed E-state index contributed by atoms with van der Waals surface area (Å²) in [5.74, 6) is -39.7. The maximum absolute atomic E-state index is 13.7. The number of alkyl halides is 12. The number of nitrogens with one attached hydrogen (secondary N) is 1. The number of amides is 1. The maximum atomic E-state index is 13.7. The van der Waals surface area contributed by atoms with Crippen molar-refractivity contribution >= 4 is 5.91 Å². The van der Waals surface area contributed by atoms with E-state index in [1.54, 1.807) is 30.3 Å². The summed E-state index contributed by atoms with van der Waals surface area (Å²) in [5.41, 5.74) is 0.612. The Morgan fingerprint density at radius 2 is 1.32 bits per heavy atom. The van der Waals surface area contributed by atoms with Gasteiger partial charge in [0, 0.05) is 6.04 Å². The quantitative estimate of drug-likeness (QED) is 0.439. The fourth-order valence-corrected chi connectivity index (χ4v) is 2.30. The minimum atomic E-state index is -7.73. The molecule has 1 aromatic carbocycles. The number of carbonyl (C=O) groups excluding carboxylic acids is 1. The summed E-state index contributed by atoms with van der Waals surface area (Å²) in [6.07, 6.45) is -5.68. The van der Waals surface area contributed by atoms with Gasteiger partial charge in [0.05, 0.1) is 0 Å². The lowest BCUT2D eigenvalue weighted by Gasteiger charge is -2.38. The zero-order chi connectivity index (χ0) is 24.5. The van der Waals surface area contributed by atoms with Crippen LogP contribution in [0.4, 0.5) is 52.7 Å². The van der Waals surface area contributed by atoms with Gasteiger partial charge in [0.2, 0.25) is 0 Å². The first-order chi connectivity index (χ1) is 13.8. The Hall–Kier alpha value is -2.15. The number of rotatable bonds is 10. The second-order valence-electron chi connectivity index (χ2n) is 6.62. The van der Waals surface area contributed by atoms with Gasteiger partial charge < -0.3 is 5.32 Å². The molecule has 0 spiro atoms. The molecule has 0 aliphatic heterocycles. The summed E-state index contributed by atoms with van der Waals surface area (Å²) in [7, 11) is 0. The number of halogens is 12. The van der Waals surface area contributed by atoms with Gasteiger partial charge in [0.1, 0.15) is 0 Å². The summed E-state index contributed by atoms with van der Waals surface area (Å²) in [5, 5.41) is 1.20. The van der Waals surface area contributed by atoms with E-state index in [9.17, 15) is 57.5 Å². The monoisotopic (exact) mass is 477 g/mol. The zero-order valence-corrected chi connectivity index (χ0v) is 15.4. The van der Waals surface area contributed by atoms with Crippen LogP contribution in [0.5, 0.6) is 0 Å². The molecule has 14 heteroatoms. The first-order valence-electron chi connectivity index (χ1n) is 8.36. The van der Waals surface area contributed by atoms with Gasteiger partial charge in [-0.1, -0.05) is 30.3 Å². The normalized spacial score (nSPS) is 15.2. The van der Waals surface area contributed by atoms with Crippen LogP contribution in [0.15, 0.2) is 30.3 Å². The van der Waals surface area contributed by atoms with E-state index >= 15 is 0 Å². The van der Waals surface area contributed by atoms with Crippen molar-refractivity contribution in [3.8, 4) is 0 Å². The lowest BCUT2D eigenvalue weighted by Crippen LogP contribution is -2.71. The molecule has 1 amide bonds. The van der Waals surface area contributed by atoms with Gasteiger partial charge in [-0.05, 0) is 25.3 Å². The van der Waals surface area contributed by atoms with Crippen LogP contribution < -0.4 is 5.32 Å². The van der Waals surface area contributed by atoms with Gasteiger partial charge in [-0.25, -0.2) is 8.78 Å². The molecule has 0 aliphatic rings. The standard InChI is InChI=1S/C17H15F12NO/c1-9(7-8-10-5-3-2-4-6-10)30-12(31)14(22,23)16(26,27)17(28,29)15(24,25)13(20,21)11(18)19/h2-6,9,11H,7-8H2,1H3,(H,30,31). The molecule has 0 aliphatic carbocycles. The van der Waals surface area contributed by atoms with Crippen LogP contribution in [0.2, 0.25) is 0 Å². The number of carbonyl (C=O) groups is 1. The maximum Gasteiger partial charge on any atom is 0.392 e. The van der Waals surface area contributed by atoms with Crippen molar-refractivity contribution < 1.29 is 57.5 Å². The van der Waals surface area contributed by atoms with Crippen molar-refractivity contribution in [1.29, 1.82) is 0 Å². The highest BCUT2D eigenvalue weighted by molar-refractivity contribution is 5.85. The van der Waals surface area contributed by atoms with Crippen LogP contribution in [-0.2, 0) is 11.2 Å². The highest BCUT2D eigenvalue weighted by Gasteiger charge is 2.89. The molecular weight excluding hydrogens is 462 g/mol. The Morgan fingerprint density at radius 3 is 1.77 bits per heavy atom. The van der Waals surface area contributed by atoms with Crippen molar-refractivity contribution in [2.24, 2.45) is 0 Å². The average molecular weight is 477 g/mol. The van der Waals surface area contributed by atoms with Crippen molar-refractivity contribution in [3.05, 3.63) is 35.9 Å².